The first-order valence-electron chi connectivity index (χ1n) is 9.12. The second-order valence-corrected chi connectivity index (χ2v) is 6.41. The molecule has 0 bridgehead atoms. The van der Waals surface area contributed by atoms with Gasteiger partial charge in [0.1, 0.15) is 17.2 Å². The summed E-state index contributed by atoms with van der Waals surface area (Å²) in [5, 5.41) is 2.69. The predicted octanol–water partition coefficient (Wildman–Crippen LogP) is 1.56. The minimum absolute atomic E-state index is 0.201. The highest BCUT2D eigenvalue weighted by Gasteiger charge is 2.23. The molecule has 2 aromatic rings. The summed E-state index contributed by atoms with van der Waals surface area (Å²) in [6.45, 7) is 3.14. The van der Waals surface area contributed by atoms with Gasteiger partial charge in [0.2, 0.25) is 0 Å². The van der Waals surface area contributed by atoms with Crippen molar-refractivity contribution in [1.29, 1.82) is 0 Å². The molecular formula is C20H23FN4O3. The number of aromatic nitrogens is 1. The van der Waals surface area contributed by atoms with Gasteiger partial charge in [-0.05, 0) is 36.4 Å². The van der Waals surface area contributed by atoms with Gasteiger partial charge >= 0.3 is 0 Å². The topological polar surface area (TPSA) is 74.8 Å². The molecule has 1 aliphatic rings. The molecule has 0 atom stereocenters. The van der Waals surface area contributed by atoms with Crippen LogP contribution in [0.5, 0.6) is 0 Å². The van der Waals surface area contributed by atoms with Crippen LogP contribution in [0.25, 0.3) is 0 Å². The Kier molecular flexibility index (Phi) is 6.54. The molecule has 0 spiro atoms. The van der Waals surface area contributed by atoms with Crippen LogP contribution in [0.15, 0.2) is 42.5 Å². The summed E-state index contributed by atoms with van der Waals surface area (Å²) >= 11 is 0. The van der Waals surface area contributed by atoms with E-state index in [0.717, 1.165) is 5.69 Å². The van der Waals surface area contributed by atoms with Gasteiger partial charge < -0.3 is 19.9 Å². The average molecular weight is 386 g/mol. The number of pyridine rings is 1. The van der Waals surface area contributed by atoms with Gasteiger partial charge in [0.15, 0.2) is 0 Å². The fourth-order valence-electron chi connectivity index (χ4n) is 3.02. The van der Waals surface area contributed by atoms with E-state index in [2.05, 4.69) is 15.2 Å². The van der Waals surface area contributed by atoms with E-state index in [4.69, 9.17) is 4.74 Å². The van der Waals surface area contributed by atoms with Crippen molar-refractivity contribution in [3.8, 4) is 0 Å². The van der Waals surface area contributed by atoms with E-state index < -0.39 is 0 Å². The molecule has 3 rings (SSSR count). The second kappa shape index (κ2) is 9.27. The fraction of sp³-hybridized carbons (Fsp3) is 0.350. The third kappa shape index (κ3) is 4.83. The smallest absolute Gasteiger partial charge is 0.272 e. The highest BCUT2D eigenvalue weighted by molar-refractivity contribution is 5.96. The maximum Gasteiger partial charge on any atom is 0.272 e. The largest absolute Gasteiger partial charge is 0.383 e. The summed E-state index contributed by atoms with van der Waals surface area (Å²) in [5.74, 6) is -0.812. The quantitative estimate of drug-likeness (QED) is 0.763. The summed E-state index contributed by atoms with van der Waals surface area (Å²) in [6, 6.07) is 11.2. The lowest BCUT2D eigenvalue weighted by molar-refractivity contribution is 0.0740. The van der Waals surface area contributed by atoms with Crippen molar-refractivity contribution in [3.63, 3.8) is 0 Å². The number of carbonyl (C=O) groups is 2. The molecule has 1 aromatic heterocycles. The first kappa shape index (κ1) is 19.8. The van der Waals surface area contributed by atoms with Gasteiger partial charge in [-0.25, -0.2) is 9.37 Å². The molecule has 28 heavy (non-hydrogen) atoms. The number of benzene rings is 1. The van der Waals surface area contributed by atoms with E-state index >= 15 is 0 Å². The van der Waals surface area contributed by atoms with Gasteiger partial charge in [-0.1, -0.05) is 6.07 Å². The number of hydrogen-bond acceptors (Lipinski definition) is 5. The van der Waals surface area contributed by atoms with Crippen LogP contribution in [0.3, 0.4) is 0 Å². The number of rotatable bonds is 6. The van der Waals surface area contributed by atoms with Crippen molar-refractivity contribution in [1.82, 2.24) is 15.2 Å². The highest BCUT2D eigenvalue weighted by atomic mass is 19.1. The van der Waals surface area contributed by atoms with Crippen LogP contribution in [0.2, 0.25) is 0 Å². The number of carbonyl (C=O) groups excluding carboxylic acids is 2. The zero-order valence-electron chi connectivity index (χ0n) is 15.7. The van der Waals surface area contributed by atoms with Gasteiger partial charge in [0.05, 0.1) is 6.61 Å². The van der Waals surface area contributed by atoms with Crippen LogP contribution >= 0.6 is 0 Å². The Hall–Kier alpha value is -3.00. The van der Waals surface area contributed by atoms with Crippen molar-refractivity contribution >= 4 is 17.5 Å². The normalized spacial score (nSPS) is 14.1. The Morgan fingerprint density at radius 3 is 2.43 bits per heavy atom. The van der Waals surface area contributed by atoms with Crippen molar-refractivity contribution in [2.75, 3.05) is 51.3 Å². The Morgan fingerprint density at radius 1 is 1.07 bits per heavy atom. The van der Waals surface area contributed by atoms with Crippen LogP contribution in [0.1, 0.15) is 21.0 Å². The Bertz CT molecular complexity index is 820. The number of methoxy groups -OCH3 is 1. The van der Waals surface area contributed by atoms with E-state index in [1.807, 2.05) is 0 Å². The lowest BCUT2D eigenvalue weighted by Crippen LogP contribution is -2.49. The molecular weight excluding hydrogens is 363 g/mol. The molecule has 0 unspecified atom stereocenters. The van der Waals surface area contributed by atoms with Crippen LogP contribution in [-0.2, 0) is 4.74 Å². The first-order chi connectivity index (χ1) is 13.6. The van der Waals surface area contributed by atoms with Crippen molar-refractivity contribution in [3.05, 3.63) is 59.7 Å². The molecule has 7 nitrogen and oxygen atoms in total. The predicted molar refractivity (Wildman–Crippen MR) is 103 cm³/mol. The second-order valence-electron chi connectivity index (χ2n) is 6.41. The lowest BCUT2D eigenvalue weighted by Gasteiger charge is -2.36. The number of nitrogens with zero attached hydrogens (tertiary/aromatic N) is 3. The molecule has 2 amide bonds. The van der Waals surface area contributed by atoms with E-state index in [1.165, 1.54) is 12.1 Å². The molecule has 1 aliphatic heterocycles. The molecule has 1 fully saturated rings. The average Bonchev–Trinajstić information content (AvgIpc) is 2.74. The zero-order chi connectivity index (χ0) is 19.9. The molecule has 8 heteroatoms. The first-order valence-corrected chi connectivity index (χ1v) is 9.12. The minimum atomic E-state index is -0.340. The number of anilines is 1. The Labute approximate surface area is 163 Å². The molecule has 148 valence electrons. The van der Waals surface area contributed by atoms with Gasteiger partial charge in [-0.15, -0.1) is 0 Å². The SMILES string of the molecule is COCCNC(=O)c1cccc(C(=O)N2CCN(c3ccc(F)cc3)CC2)n1. The maximum absolute atomic E-state index is 13.1. The van der Waals surface area contributed by atoms with E-state index in [9.17, 15) is 14.0 Å². The minimum Gasteiger partial charge on any atom is -0.383 e. The molecule has 1 aromatic carbocycles. The van der Waals surface area contributed by atoms with Crippen molar-refractivity contribution < 1.29 is 18.7 Å². The molecule has 2 heterocycles. The van der Waals surface area contributed by atoms with E-state index in [0.29, 0.717) is 39.3 Å². The van der Waals surface area contributed by atoms with Crippen molar-refractivity contribution in [2.45, 2.75) is 0 Å². The summed E-state index contributed by atoms with van der Waals surface area (Å²) < 4.78 is 18.0. The van der Waals surface area contributed by atoms with Gasteiger partial charge in [-0.2, -0.15) is 0 Å². The summed E-state index contributed by atoms with van der Waals surface area (Å²) in [4.78, 5) is 32.9. The number of ether oxygens (including phenoxy) is 1. The number of halogens is 1. The highest BCUT2D eigenvalue weighted by Crippen LogP contribution is 2.17. The summed E-state index contributed by atoms with van der Waals surface area (Å²) in [6.07, 6.45) is 0. The summed E-state index contributed by atoms with van der Waals surface area (Å²) in [7, 11) is 1.56. The lowest BCUT2D eigenvalue weighted by atomic mass is 10.2. The van der Waals surface area contributed by atoms with E-state index in [1.54, 1.807) is 42.3 Å². The number of hydrogen-bond donors (Lipinski definition) is 1. The molecule has 1 saturated heterocycles. The molecule has 0 aliphatic carbocycles. The van der Waals surface area contributed by atoms with E-state index in [-0.39, 0.29) is 29.0 Å². The number of amides is 2. The molecule has 0 saturated carbocycles. The number of nitrogens with one attached hydrogen (secondary N) is 1. The third-order valence-electron chi connectivity index (χ3n) is 4.55. The van der Waals surface area contributed by atoms with Gasteiger partial charge in [-0.3, -0.25) is 9.59 Å². The molecule has 1 N–H and O–H groups in total. The Morgan fingerprint density at radius 2 is 1.75 bits per heavy atom. The third-order valence-corrected chi connectivity index (χ3v) is 4.55. The zero-order valence-corrected chi connectivity index (χ0v) is 15.7. The summed E-state index contributed by atoms with van der Waals surface area (Å²) in [5.41, 5.74) is 1.38. The van der Waals surface area contributed by atoms with Crippen LogP contribution in [-0.4, -0.2) is 68.1 Å². The maximum atomic E-state index is 13.1. The van der Waals surface area contributed by atoms with Gasteiger partial charge in [0, 0.05) is 45.5 Å². The van der Waals surface area contributed by atoms with Crippen LogP contribution in [0.4, 0.5) is 10.1 Å². The van der Waals surface area contributed by atoms with Crippen LogP contribution < -0.4 is 10.2 Å². The Balaban J connectivity index is 1.59. The fourth-order valence-corrected chi connectivity index (χ4v) is 3.02. The molecule has 0 radical (unpaired) electrons. The van der Waals surface area contributed by atoms with Crippen LogP contribution in [0, 0.1) is 5.82 Å². The van der Waals surface area contributed by atoms with Crippen molar-refractivity contribution in [2.24, 2.45) is 0 Å². The monoisotopic (exact) mass is 386 g/mol. The number of piperazine rings is 1. The van der Waals surface area contributed by atoms with Gasteiger partial charge in [0.25, 0.3) is 11.8 Å². The standard InChI is InChI=1S/C20H23FN4O3/c1-28-14-9-22-19(26)17-3-2-4-18(23-17)20(27)25-12-10-24(11-13-25)16-7-5-15(21)6-8-16/h2-8H,9-14H2,1H3,(H,22,26).